The molecular weight excluding hydrogens is 335 g/mol. The predicted octanol–water partition coefficient (Wildman–Crippen LogP) is 3.07. The van der Waals surface area contributed by atoms with Crippen LogP contribution >= 0.6 is 0 Å². The van der Waals surface area contributed by atoms with Crippen molar-refractivity contribution in [3.05, 3.63) is 53.8 Å². The molecule has 0 aromatic heterocycles. The van der Waals surface area contributed by atoms with Crippen LogP contribution in [0.2, 0.25) is 0 Å². The molecule has 2 aromatic rings. The minimum absolute atomic E-state index is 0.0715. The Morgan fingerprint density at radius 2 is 1.79 bits per heavy atom. The molecule has 5 nitrogen and oxygen atoms in total. The highest BCUT2D eigenvalue weighted by Gasteiger charge is 2.20. The summed E-state index contributed by atoms with van der Waals surface area (Å²) in [6, 6.07) is 8.60. The second-order valence-corrected chi connectivity index (χ2v) is 7.14. The van der Waals surface area contributed by atoms with E-state index in [1.54, 1.807) is 0 Å². The monoisotopic (exact) mass is 352 g/mol. The van der Waals surface area contributed by atoms with Crippen LogP contribution in [0.3, 0.4) is 0 Å². The van der Waals surface area contributed by atoms with E-state index < -0.39 is 21.6 Å². The number of sulfone groups is 1. The van der Waals surface area contributed by atoms with E-state index in [-0.39, 0.29) is 22.0 Å². The zero-order chi connectivity index (χ0) is 17.7. The molecule has 0 fully saturated rings. The Balaban J connectivity index is 2.49. The van der Waals surface area contributed by atoms with Gasteiger partial charge in [0.25, 0.3) is 0 Å². The number of hydrogen-bond donors (Lipinski definition) is 1. The number of benzene rings is 2. The molecule has 0 aliphatic rings. The molecule has 2 aromatic carbocycles. The SMILES string of the molecule is CCCOc1cc(CC(=O)O)cc(S(=O)(=O)c2ccc(F)cc2)c1. The van der Waals surface area contributed by atoms with Crippen molar-refractivity contribution < 1.29 is 27.4 Å². The summed E-state index contributed by atoms with van der Waals surface area (Å²) < 4.78 is 43.8. The maximum Gasteiger partial charge on any atom is 0.307 e. The molecule has 1 N–H and O–H groups in total. The summed E-state index contributed by atoms with van der Waals surface area (Å²) in [7, 11) is -3.90. The maximum absolute atomic E-state index is 13.0. The second kappa shape index (κ2) is 7.44. The molecular formula is C17H17FO5S. The van der Waals surface area contributed by atoms with Crippen LogP contribution in [0.1, 0.15) is 18.9 Å². The molecule has 0 saturated carbocycles. The highest BCUT2D eigenvalue weighted by Crippen LogP contribution is 2.27. The van der Waals surface area contributed by atoms with E-state index in [0.29, 0.717) is 12.2 Å². The van der Waals surface area contributed by atoms with E-state index in [1.165, 1.54) is 30.3 Å². The van der Waals surface area contributed by atoms with Gasteiger partial charge >= 0.3 is 5.97 Å². The van der Waals surface area contributed by atoms with Gasteiger partial charge in [-0.2, -0.15) is 0 Å². The third kappa shape index (κ3) is 4.32. The van der Waals surface area contributed by atoms with Crippen LogP contribution in [0.15, 0.2) is 52.3 Å². The molecule has 0 atom stereocenters. The number of aliphatic carboxylic acids is 1. The Bertz CT molecular complexity index is 829. The number of carboxylic acid groups (broad SMARTS) is 1. The first-order chi connectivity index (χ1) is 11.3. The van der Waals surface area contributed by atoms with Crippen molar-refractivity contribution in [1.29, 1.82) is 0 Å². The van der Waals surface area contributed by atoms with Gasteiger partial charge in [0.05, 0.1) is 22.8 Å². The summed E-state index contributed by atoms with van der Waals surface area (Å²) in [5, 5.41) is 8.94. The quantitative estimate of drug-likeness (QED) is 0.775. The molecule has 0 amide bonds. The van der Waals surface area contributed by atoms with Gasteiger partial charge in [0, 0.05) is 0 Å². The topological polar surface area (TPSA) is 80.7 Å². The second-order valence-electron chi connectivity index (χ2n) is 5.19. The molecule has 0 heterocycles. The lowest BCUT2D eigenvalue weighted by molar-refractivity contribution is -0.136. The lowest BCUT2D eigenvalue weighted by atomic mass is 10.1. The molecule has 24 heavy (non-hydrogen) atoms. The summed E-state index contributed by atoms with van der Waals surface area (Å²) in [6.45, 7) is 2.28. The number of ether oxygens (including phenoxy) is 1. The van der Waals surface area contributed by atoms with Crippen molar-refractivity contribution in [3.8, 4) is 5.75 Å². The van der Waals surface area contributed by atoms with Crippen LogP contribution in [0, 0.1) is 5.82 Å². The van der Waals surface area contributed by atoms with Crippen LogP contribution in [-0.4, -0.2) is 26.1 Å². The normalized spacial score (nSPS) is 11.2. The van der Waals surface area contributed by atoms with Crippen molar-refractivity contribution in [2.45, 2.75) is 29.6 Å². The van der Waals surface area contributed by atoms with Crippen molar-refractivity contribution >= 4 is 15.8 Å². The molecule has 128 valence electrons. The fraction of sp³-hybridized carbons (Fsp3) is 0.235. The minimum atomic E-state index is -3.90. The van der Waals surface area contributed by atoms with Gasteiger partial charge in [-0.3, -0.25) is 4.79 Å². The molecule has 0 aliphatic carbocycles. The lowest BCUT2D eigenvalue weighted by Gasteiger charge is -2.11. The Hall–Kier alpha value is -2.41. The molecule has 0 unspecified atom stereocenters. The van der Waals surface area contributed by atoms with Crippen LogP contribution in [-0.2, 0) is 21.1 Å². The van der Waals surface area contributed by atoms with Crippen LogP contribution < -0.4 is 4.74 Å². The molecule has 0 aliphatic heterocycles. The van der Waals surface area contributed by atoms with E-state index in [2.05, 4.69) is 0 Å². The smallest absolute Gasteiger partial charge is 0.307 e. The van der Waals surface area contributed by atoms with Crippen LogP contribution in [0.25, 0.3) is 0 Å². The van der Waals surface area contributed by atoms with Gasteiger partial charge in [-0.15, -0.1) is 0 Å². The van der Waals surface area contributed by atoms with E-state index >= 15 is 0 Å². The zero-order valence-corrected chi connectivity index (χ0v) is 13.8. The average Bonchev–Trinajstić information content (AvgIpc) is 2.52. The third-order valence-corrected chi connectivity index (χ3v) is 4.95. The molecule has 0 bridgehead atoms. The van der Waals surface area contributed by atoms with E-state index in [4.69, 9.17) is 9.84 Å². The lowest BCUT2D eigenvalue weighted by Crippen LogP contribution is -2.07. The van der Waals surface area contributed by atoms with Gasteiger partial charge in [0.2, 0.25) is 9.84 Å². The van der Waals surface area contributed by atoms with Gasteiger partial charge in [-0.1, -0.05) is 6.92 Å². The number of rotatable bonds is 7. The Morgan fingerprint density at radius 1 is 1.12 bits per heavy atom. The molecule has 0 spiro atoms. The van der Waals surface area contributed by atoms with Gasteiger partial charge in [-0.05, 0) is 54.4 Å². The van der Waals surface area contributed by atoms with Crippen molar-refractivity contribution in [2.24, 2.45) is 0 Å². The number of carbonyl (C=O) groups is 1. The van der Waals surface area contributed by atoms with Crippen molar-refractivity contribution in [1.82, 2.24) is 0 Å². The summed E-state index contributed by atoms with van der Waals surface area (Å²) in [4.78, 5) is 10.8. The maximum atomic E-state index is 13.0. The van der Waals surface area contributed by atoms with Crippen molar-refractivity contribution in [3.63, 3.8) is 0 Å². The van der Waals surface area contributed by atoms with Gasteiger partial charge in [-0.25, -0.2) is 12.8 Å². The molecule has 7 heteroatoms. The van der Waals surface area contributed by atoms with Gasteiger partial charge < -0.3 is 9.84 Å². The molecule has 0 radical (unpaired) electrons. The summed E-state index contributed by atoms with van der Waals surface area (Å²) in [5.74, 6) is -1.33. The number of carboxylic acids is 1. The average molecular weight is 352 g/mol. The number of hydrogen-bond acceptors (Lipinski definition) is 4. The fourth-order valence-corrected chi connectivity index (χ4v) is 3.46. The van der Waals surface area contributed by atoms with Gasteiger partial charge in [0.15, 0.2) is 0 Å². The molecule has 2 rings (SSSR count). The highest BCUT2D eigenvalue weighted by atomic mass is 32.2. The summed E-state index contributed by atoms with van der Waals surface area (Å²) >= 11 is 0. The zero-order valence-electron chi connectivity index (χ0n) is 13.0. The first kappa shape index (κ1) is 17.9. The van der Waals surface area contributed by atoms with E-state index in [0.717, 1.165) is 18.6 Å². The fourth-order valence-electron chi connectivity index (χ4n) is 2.12. The number of halogens is 1. The van der Waals surface area contributed by atoms with E-state index in [1.807, 2.05) is 6.92 Å². The Kier molecular flexibility index (Phi) is 5.56. The Morgan fingerprint density at radius 3 is 2.38 bits per heavy atom. The predicted molar refractivity (Wildman–Crippen MR) is 85.4 cm³/mol. The summed E-state index contributed by atoms with van der Waals surface area (Å²) in [6.07, 6.45) is 0.401. The third-order valence-electron chi connectivity index (χ3n) is 3.20. The summed E-state index contributed by atoms with van der Waals surface area (Å²) in [5.41, 5.74) is 0.316. The first-order valence-corrected chi connectivity index (χ1v) is 8.80. The Labute approximate surface area is 139 Å². The minimum Gasteiger partial charge on any atom is -0.494 e. The van der Waals surface area contributed by atoms with Crippen LogP contribution in [0.5, 0.6) is 5.75 Å². The highest BCUT2D eigenvalue weighted by molar-refractivity contribution is 7.91. The van der Waals surface area contributed by atoms with Crippen molar-refractivity contribution in [2.75, 3.05) is 6.61 Å². The van der Waals surface area contributed by atoms with E-state index in [9.17, 15) is 17.6 Å². The largest absolute Gasteiger partial charge is 0.494 e. The first-order valence-electron chi connectivity index (χ1n) is 7.32. The standard InChI is InChI=1S/C17H17FO5S/c1-2-7-23-14-8-12(10-17(19)20)9-16(11-14)24(21,22)15-5-3-13(18)4-6-15/h3-6,8-9,11H,2,7,10H2,1H3,(H,19,20). The molecule has 0 saturated heterocycles. The van der Waals surface area contributed by atoms with Gasteiger partial charge in [0.1, 0.15) is 11.6 Å². The van der Waals surface area contributed by atoms with Crippen LogP contribution in [0.4, 0.5) is 4.39 Å².